The van der Waals surface area contributed by atoms with Crippen LogP contribution in [0.4, 0.5) is 5.69 Å². The number of aromatic nitrogens is 3. The molecule has 0 aliphatic carbocycles. The number of benzene rings is 3. The number of amides is 1. The van der Waals surface area contributed by atoms with E-state index >= 15 is 0 Å². The lowest BCUT2D eigenvalue weighted by molar-refractivity contribution is -0.116. The van der Waals surface area contributed by atoms with Crippen LogP contribution in [-0.2, 0) is 11.3 Å². The molecule has 0 aliphatic rings. The minimum absolute atomic E-state index is 0.0926. The lowest BCUT2D eigenvalue weighted by atomic mass is 10.2. The number of anilines is 1. The first-order valence-electron chi connectivity index (χ1n) is 10.7. The molecular formula is C26H22N4O4. The van der Waals surface area contributed by atoms with Crippen LogP contribution in [0.5, 0.6) is 11.5 Å². The van der Waals surface area contributed by atoms with Gasteiger partial charge in [-0.25, -0.2) is 0 Å². The Bertz CT molecular complexity index is 1460. The monoisotopic (exact) mass is 454 g/mol. The van der Waals surface area contributed by atoms with Crippen LogP contribution >= 0.6 is 0 Å². The molecule has 1 amide bonds. The van der Waals surface area contributed by atoms with Gasteiger partial charge in [-0.15, -0.1) is 10.2 Å². The summed E-state index contributed by atoms with van der Waals surface area (Å²) in [6, 6.07) is 22.6. The molecule has 0 radical (unpaired) electrons. The van der Waals surface area contributed by atoms with E-state index in [1.54, 1.807) is 32.4 Å². The summed E-state index contributed by atoms with van der Waals surface area (Å²) in [5, 5.41) is 12.3. The lowest BCUT2D eigenvalue weighted by Gasteiger charge is -2.12. The number of nitrogens with one attached hydrogen (secondary N) is 1. The maximum Gasteiger partial charge on any atom is 0.250 e. The molecule has 3 aromatic carbocycles. The number of methoxy groups -OCH3 is 2. The zero-order chi connectivity index (χ0) is 23.5. The highest BCUT2D eigenvalue weighted by Crippen LogP contribution is 2.32. The number of hydrogen-bond acceptors (Lipinski definition) is 6. The Labute approximate surface area is 195 Å². The summed E-state index contributed by atoms with van der Waals surface area (Å²) < 4.78 is 18.4. The smallest absolute Gasteiger partial charge is 0.250 e. The first kappa shape index (κ1) is 21.3. The molecule has 0 bridgehead atoms. The van der Waals surface area contributed by atoms with E-state index in [0.717, 1.165) is 22.0 Å². The largest absolute Gasteiger partial charge is 0.497 e. The Morgan fingerprint density at radius 3 is 2.50 bits per heavy atom. The topological polar surface area (TPSA) is 91.4 Å². The molecule has 0 saturated heterocycles. The van der Waals surface area contributed by atoms with Gasteiger partial charge in [-0.1, -0.05) is 36.4 Å². The fourth-order valence-corrected chi connectivity index (χ4v) is 3.82. The quantitative estimate of drug-likeness (QED) is 0.372. The molecule has 0 fully saturated rings. The van der Waals surface area contributed by atoms with Gasteiger partial charge in [0, 0.05) is 28.7 Å². The van der Waals surface area contributed by atoms with Crippen molar-refractivity contribution in [1.29, 1.82) is 0 Å². The van der Waals surface area contributed by atoms with Gasteiger partial charge < -0.3 is 23.8 Å². The van der Waals surface area contributed by atoms with Crippen LogP contribution in [0, 0.1) is 0 Å². The van der Waals surface area contributed by atoms with Gasteiger partial charge in [0.2, 0.25) is 17.7 Å². The summed E-state index contributed by atoms with van der Waals surface area (Å²) in [4.78, 5) is 12.9. The maximum absolute atomic E-state index is 12.9. The second kappa shape index (κ2) is 9.11. The van der Waals surface area contributed by atoms with Crippen LogP contribution in [0.1, 0.15) is 0 Å². The number of hydrogen-bond donors (Lipinski definition) is 1. The fourth-order valence-electron chi connectivity index (χ4n) is 3.82. The predicted octanol–water partition coefficient (Wildman–Crippen LogP) is 5.01. The summed E-state index contributed by atoms with van der Waals surface area (Å²) in [7, 11) is 3.12. The molecule has 8 heteroatoms. The van der Waals surface area contributed by atoms with Gasteiger partial charge in [0.25, 0.3) is 0 Å². The highest BCUT2D eigenvalue weighted by Gasteiger charge is 2.18. The Morgan fingerprint density at radius 1 is 0.941 bits per heavy atom. The molecule has 2 aromatic heterocycles. The summed E-state index contributed by atoms with van der Waals surface area (Å²) in [5.41, 5.74) is 3.06. The van der Waals surface area contributed by atoms with Crippen LogP contribution in [0.25, 0.3) is 33.8 Å². The van der Waals surface area contributed by atoms with Crippen molar-refractivity contribution in [1.82, 2.24) is 14.8 Å². The summed E-state index contributed by atoms with van der Waals surface area (Å²) >= 11 is 0. The SMILES string of the molecule is COc1ccc(NC(=O)Cn2cc(-c3nnc(-c4ccccc4)o3)c3ccccc32)c(OC)c1. The van der Waals surface area contributed by atoms with Crippen LogP contribution < -0.4 is 14.8 Å². The molecule has 2 heterocycles. The predicted molar refractivity (Wildman–Crippen MR) is 129 cm³/mol. The van der Waals surface area contributed by atoms with Gasteiger partial charge in [-0.3, -0.25) is 4.79 Å². The van der Waals surface area contributed by atoms with Crippen molar-refractivity contribution < 1.29 is 18.7 Å². The van der Waals surface area contributed by atoms with Crippen LogP contribution in [0.3, 0.4) is 0 Å². The minimum atomic E-state index is -0.203. The van der Waals surface area contributed by atoms with Crippen molar-refractivity contribution in [3.63, 3.8) is 0 Å². The number of ether oxygens (including phenoxy) is 2. The van der Waals surface area contributed by atoms with E-state index in [1.165, 1.54) is 0 Å². The number of fused-ring (bicyclic) bond motifs is 1. The number of rotatable bonds is 7. The van der Waals surface area contributed by atoms with Gasteiger partial charge in [0.15, 0.2) is 0 Å². The molecule has 170 valence electrons. The molecule has 5 rings (SSSR count). The van der Waals surface area contributed by atoms with Gasteiger partial charge >= 0.3 is 0 Å². The van der Waals surface area contributed by atoms with Gasteiger partial charge in [-0.05, 0) is 30.3 Å². The zero-order valence-corrected chi connectivity index (χ0v) is 18.7. The standard InChI is InChI=1S/C26H22N4O4/c1-32-18-12-13-21(23(14-18)33-2)27-24(31)16-30-15-20(19-10-6-7-11-22(19)30)26-29-28-25(34-26)17-8-4-3-5-9-17/h3-15H,16H2,1-2H3,(H,27,31). The van der Waals surface area contributed by atoms with Crippen LogP contribution in [0.15, 0.2) is 83.4 Å². The summed E-state index contributed by atoms with van der Waals surface area (Å²) in [6.07, 6.45) is 1.86. The van der Waals surface area contributed by atoms with Crippen molar-refractivity contribution >= 4 is 22.5 Å². The average molecular weight is 454 g/mol. The zero-order valence-electron chi connectivity index (χ0n) is 18.7. The molecule has 0 unspecified atom stereocenters. The van der Waals surface area contributed by atoms with Crippen molar-refractivity contribution in [2.24, 2.45) is 0 Å². The summed E-state index contributed by atoms with van der Waals surface area (Å²) in [6.45, 7) is 0.0926. The highest BCUT2D eigenvalue weighted by molar-refractivity contribution is 5.97. The Morgan fingerprint density at radius 2 is 1.71 bits per heavy atom. The number of para-hydroxylation sites is 1. The molecular weight excluding hydrogens is 432 g/mol. The van der Waals surface area contributed by atoms with Crippen LogP contribution in [-0.4, -0.2) is 34.9 Å². The first-order chi connectivity index (χ1) is 16.7. The second-order valence-electron chi connectivity index (χ2n) is 7.58. The van der Waals surface area contributed by atoms with Crippen molar-refractivity contribution in [3.8, 4) is 34.4 Å². The third kappa shape index (κ3) is 4.09. The number of nitrogens with zero attached hydrogens (tertiary/aromatic N) is 3. The Hall–Kier alpha value is -4.59. The van der Waals surface area contributed by atoms with Gasteiger partial charge in [-0.2, -0.15) is 0 Å². The molecule has 0 spiro atoms. The van der Waals surface area contributed by atoms with Crippen LogP contribution in [0.2, 0.25) is 0 Å². The summed E-state index contributed by atoms with van der Waals surface area (Å²) in [5.74, 6) is 1.80. The third-order valence-electron chi connectivity index (χ3n) is 5.46. The molecule has 34 heavy (non-hydrogen) atoms. The first-order valence-corrected chi connectivity index (χ1v) is 10.7. The van der Waals surface area contributed by atoms with E-state index in [4.69, 9.17) is 13.9 Å². The molecule has 0 saturated carbocycles. The third-order valence-corrected chi connectivity index (χ3v) is 5.46. The molecule has 1 N–H and O–H groups in total. The van der Waals surface area contributed by atoms with E-state index in [1.807, 2.05) is 65.4 Å². The fraction of sp³-hybridized carbons (Fsp3) is 0.115. The van der Waals surface area contributed by atoms with E-state index in [2.05, 4.69) is 15.5 Å². The molecule has 0 aliphatic heterocycles. The number of carbonyl (C=O) groups is 1. The second-order valence-corrected chi connectivity index (χ2v) is 7.58. The van der Waals surface area contributed by atoms with Crippen molar-refractivity contribution in [2.45, 2.75) is 6.54 Å². The highest BCUT2D eigenvalue weighted by atomic mass is 16.5. The maximum atomic E-state index is 12.9. The van der Waals surface area contributed by atoms with Crippen molar-refractivity contribution in [2.75, 3.05) is 19.5 Å². The van der Waals surface area contributed by atoms with Gasteiger partial charge in [0.05, 0.1) is 25.5 Å². The number of carbonyl (C=O) groups excluding carboxylic acids is 1. The van der Waals surface area contributed by atoms with Crippen molar-refractivity contribution in [3.05, 3.63) is 79.0 Å². The Balaban J connectivity index is 1.43. The van der Waals surface area contributed by atoms with E-state index in [-0.39, 0.29) is 12.5 Å². The van der Waals surface area contributed by atoms with E-state index < -0.39 is 0 Å². The lowest BCUT2D eigenvalue weighted by Crippen LogP contribution is -2.18. The Kier molecular flexibility index (Phi) is 5.70. The van der Waals surface area contributed by atoms with E-state index in [9.17, 15) is 4.79 Å². The minimum Gasteiger partial charge on any atom is -0.497 e. The van der Waals surface area contributed by atoms with E-state index in [0.29, 0.717) is 29.0 Å². The average Bonchev–Trinajstić information content (AvgIpc) is 3.50. The molecule has 5 aromatic rings. The normalized spacial score (nSPS) is 10.9. The van der Waals surface area contributed by atoms with Gasteiger partial charge in [0.1, 0.15) is 18.0 Å². The molecule has 8 nitrogen and oxygen atoms in total. The molecule has 0 atom stereocenters.